The first-order valence-electron chi connectivity index (χ1n) is 5.19. The Kier molecular flexibility index (Phi) is 3.23. The van der Waals surface area contributed by atoms with E-state index in [1.54, 1.807) is 13.0 Å². The molecule has 1 N–H and O–H groups in total. The third-order valence-electron chi connectivity index (χ3n) is 2.38. The molecule has 0 aliphatic rings. The summed E-state index contributed by atoms with van der Waals surface area (Å²) in [6, 6.07) is 5.51. The lowest BCUT2D eigenvalue weighted by atomic mass is 10.2. The molecule has 5 heteroatoms. The van der Waals surface area contributed by atoms with Gasteiger partial charge < -0.3 is 9.84 Å². The molecular formula is C13H10FNO3. The van der Waals surface area contributed by atoms with Crippen LogP contribution in [-0.4, -0.2) is 16.1 Å². The standard InChI is InChI=1S/C13H10FNO3/c1-8-2-3-9(14)6-12(8)18-11-4-5-15-7-10(11)13(16)17/h2-7H,1H3,(H,16,17). The van der Waals surface area contributed by atoms with Gasteiger partial charge in [0.1, 0.15) is 22.9 Å². The number of nitrogens with zero attached hydrogens (tertiary/aromatic N) is 1. The first-order valence-corrected chi connectivity index (χ1v) is 5.19. The monoisotopic (exact) mass is 247 g/mol. The minimum atomic E-state index is -1.15. The fraction of sp³-hybridized carbons (Fsp3) is 0.0769. The zero-order valence-electron chi connectivity index (χ0n) is 9.55. The molecule has 0 bridgehead atoms. The molecule has 2 aromatic rings. The van der Waals surface area contributed by atoms with Crippen molar-refractivity contribution in [1.29, 1.82) is 0 Å². The van der Waals surface area contributed by atoms with E-state index in [4.69, 9.17) is 9.84 Å². The van der Waals surface area contributed by atoms with Gasteiger partial charge in [0.15, 0.2) is 0 Å². The van der Waals surface area contributed by atoms with Crippen molar-refractivity contribution in [3.63, 3.8) is 0 Å². The van der Waals surface area contributed by atoms with Crippen molar-refractivity contribution in [2.45, 2.75) is 6.92 Å². The number of hydrogen-bond donors (Lipinski definition) is 1. The normalized spacial score (nSPS) is 10.1. The van der Waals surface area contributed by atoms with Crippen molar-refractivity contribution in [3.05, 3.63) is 53.6 Å². The lowest BCUT2D eigenvalue weighted by Crippen LogP contribution is -2.01. The van der Waals surface area contributed by atoms with E-state index in [1.165, 1.54) is 30.6 Å². The molecule has 1 aromatic heterocycles. The van der Waals surface area contributed by atoms with Crippen molar-refractivity contribution in [2.75, 3.05) is 0 Å². The quantitative estimate of drug-likeness (QED) is 0.905. The van der Waals surface area contributed by atoms with Gasteiger partial charge >= 0.3 is 5.97 Å². The summed E-state index contributed by atoms with van der Waals surface area (Å²) in [6.07, 6.45) is 2.60. The van der Waals surface area contributed by atoms with E-state index in [0.717, 1.165) is 0 Å². The number of rotatable bonds is 3. The summed E-state index contributed by atoms with van der Waals surface area (Å²) in [5.74, 6) is -1.18. The Bertz CT molecular complexity index is 599. The molecule has 18 heavy (non-hydrogen) atoms. The van der Waals surface area contributed by atoms with Gasteiger partial charge in [0, 0.05) is 24.5 Å². The van der Waals surface area contributed by atoms with Crippen LogP contribution in [0.15, 0.2) is 36.7 Å². The van der Waals surface area contributed by atoms with E-state index in [2.05, 4.69) is 4.98 Å². The molecule has 92 valence electrons. The highest BCUT2D eigenvalue weighted by Crippen LogP contribution is 2.27. The van der Waals surface area contributed by atoms with E-state index >= 15 is 0 Å². The van der Waals surface area contributed by atoms with Gasteiger partial charge in [0.2, 0.25) is 0 Å². The first-order chi connectivity index (χ1) is 8.58. The summed E-state index contributed by atoms with van der Waals surface area (Å²) < 4.78 is 18.5. The highest BCUT2D eigenvalue weighted by molar-refractivity contribution is 5.90. The van der Waals surface area contributed by atoms with Crippen LogP contribution in [0.5, 0.6) is 11.5 Å². The third kappa shape index (κ3) is 2.45. The number of aryl methyl sites for hydroxylation is 1. The van der Waals surface area contributed by atoms with E-state index < -0.39 is 11.8 Å². The van der Waals surface area contributed by atoms with Gasteiger partial charge in [-0.2, -0.15) is 0 Å². The number of aromatic nitrogens is 1. The molecule has 0 spiro atoms. The second-order valence-corrected chi connectivity index (χ2v) is 3.69. The SMILES string of the molecule is Cc1ccc(F)cc1Oc1ccncc1C(=O)O. The Labute approximate surface area is 103 Å². The predicted molar refractivity (Wildman–Crippen MR) is 62.4 cm³/mol. The van der Waals surface area contributed by atoms with Gasteiger partial charge in [-0.25, -0.2) is 9.18 Å². The van der Waals surface area contributed by atoms with Crippen LogP contribution in [0.2, 0.25) is 0 Å². The van der Waals surface area contributed by atoms with Crippen molar-refractivity contribution in [1.82, 2.24) is 4.98 Å². The van der Waals surface area contributed by atoms with Crippen LogP contribution in [0.1, 0.15) is 15.9 Å². The Morgan fingerprint density at radius 2 is 2.11 bits per heavy atom. The lowest BCUT2D eigenvalue weighted by molar-refractivity contribution is 0.0693. The number of pyridine rings is 1. The van der Waals surface area contributed by atoms with Gasteiger partial charge in [-0.15, -0.1) is 0 Å². The number of hydrogen-bond acceptors (Lipinski definition) is 3. The van der Waals surface area contributed by atoms with Gasteiger partial charge in [-0.05, 0) is 18.6 Å². The van der Waals surface area contributed by atoms with Crippen LogP contribution < -0.4 is 4.74 Å². The minimum absolute atomic E-state index is 0.0684. The average Bonchev–Trinajstić information content (AvgIpc) is 2.34. The Morgan fingerprint density at radius 1 is 1.33 bits per heavy atom. The van der Waals surface area contributed by atoms with Crippen LogP contribution in [0, 0.1) is 12.7 Å². The molecule has 0 saturated heterocycles. The molecule has 1 aromatic carbocycles. The number of halogens is 1. The smallest absolute Gasteiger partial charge is 0.341 e. The van der Waals surface area contributed by atoms with E-state index in [-0.39, 0.29) is 17.1 Å². The Balaban J connectivity index is 2.40. The maximum absolute atomic E-state index is 13.1. The Morgan fingerprint density at radius 3 is 2.83 bits per heavy atom. The molecule has 0 radical (unpaired) electrons. The van der Waals surface area contributed by atoms with Crippen molar-refractivity contribution >= 4 is 5.97 Å². The van der Waals surface area contributed by atoms with Crippen LogP contribution in [0.4, 0.5) is 4.39 Å². The van der Waals surface area contributed by atoms with Gasteiger partial charge in [0.25, 0.3) is 0 Å². The molecule has 1 heterocycles. The molecular weight excluding hydrogens is 237 g/mol. The summed E-state index contributed by atoms with van der Waals surface area (Å²) >= 11 is 0. The highest BCUT2D eigenvalue weighted by atomic mass is 19.1. The largest absolute Gasteiger partial charge is 0.477 e. The predicted octanol–water partition coefficient (Wildman–Crippen LogP) is 3.02. The highest BCUT2D eigenvalue weighted by Gasteiger charge is 2.13. The van der Waals surface area contributed by atoms with Crippen LogP contribution in [0.25, 0.3) is 0 Å². The Hall–Kier alpha value is -2.43. The number of benzene rings is 1. The number of ether oxygens (including phenoxy) is 1. The van der Waals surface area contributed by atoms with Crippen molar-refractivity contribution in [3.8, 4) is 11.5 Å². The molecule has 0 unspecified atom stereocenters. The van der Waals surface area contributed by atoms with Crippen LogP contribution >= 0.6 is 0 Å². The topological polar surface area (TPSA) is 59.4 Å². The van der Waals surface area contributed by atoms with Crippen molar-refractivity contribution in [2.24, 2.45) is 0 Å². The average molecular weight is 247 g/mol. The lowest BCUT2D eigenvalue weighted by Gasteiger charge is -2.10. The zero-order chi connectivity index (χ0) is 13.1. The number of carbonyl (C=O) groups is 1. The summed E-state index contributed by atoms with van der Waals surface area (Å²) in [7, 11) is 0. The van der Waals surface area contributed by atoms with Crippen LogP contribution in [-0.2, 0) is 0 Å². The molecule has 2 rings (SSSR count). The molecule has 0 atom stereocenters. The van der Waals surface area contributed by atoms with E-state index in [0.29, 0.717) is 5.56 Å². The van der Waals surface area contributed by atoms with E-state index in [9.17, 15) is 9.18 Å². The molecule has 4 nitrogen and oxygen atoms in total. The first kappa shape index (κ1) is 12.0. The zero-order valence-corrected chi connectivity index (χ0v) is 9.55. The number of carboxylic acids is 1. The summed E-state index contributed by atoms with van der Waals surface area (Å²) in [5.41, 5.74) is 0.644. The fourth-order valence-electron chi connectivity index (χ4n) is 1.43. The molecule has 0 amide bonds. The molecule has 0 aliphatic heterocycles. The third-order valence-corrected chi connectivity index (χ3v) is 2.38. The molecule has 0 saturated carbocycles. The van der Waals surface area contributed by atoms with E-state index in [1.807, 2.05) is 0 Å². The van der Waals surface area contributed by atoms with Gasteiger partial charge in [-0.1, -0.05) is 6.07 Å². The van der Waals surface area contributed by atoms with Crippen LogP contribution in [0.3, 0.4) is 0 Å². The minimum Gasteiger partial charge on any atom is -0.477 e. The maximum atomic E-state index is 13.1. The van der Waals surface area contributed by atoms with Gasteiger partial charge in [-0.3, -0.25) is 4.98 Å². The fourth-order valence-corrected chi connectivity index (χ4v) is 1.43. The van der Waals surface area contributed by atoms with Crippen molar-refractivity contribution < 1.29 is 19.0 Å². The molecule has 0 aliphatic carbocycles. The second-order valence-electron chi connectivity index (χ2n) is 3.69. The second kappa shape index (κ2) is 4.83. The summed E-state index contributed by atoms with van der Waals surface area (Å²) in [4.78, 5) is 14.7. The summed E-state index contributed by atoms with van der Waals surface area (Å²) in [5, 5.41) is 8.97. The number of aromatic carboxylic acids is 1. The van der Waals surface area contributed by atoms with Gasteiger partial charge in [0.05, 0.1) is 0 Å². The molecule has 0 fully saturated rings. The number of carboxylic acid groups (broad SMARTS) is 1. The summed E-state index contributed by atoms with van der Waals surface area (Å²) in [6.45, 7) is 1.75. The maximum Gasteiger partial charge on any atom is 0.341 e.